The SMILES string of the molecule is O=C(Nc1cccc(NC(=O)N2CCN(c3ncccn3)CC2)c1)c1cccc2c1CCO2. The number of piperazine rings is 1. The number of benzene rings is 2. The Bertz CT molecular complexity index is 1160. The number of ether oxygens (including phenoxy) is 1. The lowest BCUT2D eigenvalue weighted by atomic mass is 10.0. The largest absolute Gasteiger partial charge is 0.493 e. The zero-order valence-corrected chi connectivity index (χ0v) is 18.0. The van der Waals surface area contributed by atoms with Gasteiger partial charge in [-0.05, 0) is 36.4 Å². The lowest BCUT2D eigenvalue weighted by molar-refractivity contribution is 0.102. The van der Waals surface area contributed by atoms with Gasteiger partial charge in [-0.3, -0.25) is 4.79 Å². The van der Waals surface area contributed by atoms with Crippen LogP contribution in [0.4, 0.5) is 22.1 Å². The second-order valence-electron chi connectivity index (χ2n) is 7.87. The number of fused-ring (bicyclic) bond motifs is 1. The van der Waals surface area contributed by atoms with E-state index >= 15 is 0 Å². The highest BCUT2D eigenvalue weighted by Crippen LogP contribution is 2.29. The van der Waals surface area contributed by atoms with Crippen molar-refractivity contribution >= 4 is 29.3 Å². The summed E-state index contributed by atoms with van der Waals surface area (Å²) in [6, 6.07) is 14.3. The first-order valence-corrected chi connectivity index (χ1v) is 10.9. The van der Waals surface area contributed by atoms with Gasteiger partial charge in [0.2, 0.25) is 5.95 Å². The Morgan fingerprint density at radius 2 is 1.61 bits per heavy atom. The molecule has 0 spiro atoms. The number of carbonyl (C=O) groups is 2. The number of carbonyl (C=O) groups excluding carboxylic acids is 2. The highest BCUT2D eigenvalue weighted by atomic mass is 16.5. The first kappa shape index (κ1) is 20.7. The normalized spacial score (nSPS) is 14.9. The molecule has 3 aromatic rings. The summed E-state index contributed by atoms with van der Waals surface area (Å²) in [4.78, 5) is 37.9. The third-order valence-corrected chi connectivity index (χ3v) is 5.76. The highest BCUT2D eigenvalue weighted by molar-refractivity contribution is 6.06. The van der Waals surface area contributed by atoms with E-state index in [2.05, 4.69) is 25.5 Å². The minimum atomic E-state index is -0.194. The molecule has 0 atom stereocenters. The van der Waals surface area contributed by atoms with Crippen LogP contribution in [-0.2, 0) is 6.42 Å². The topological polar surface area (TPSA) is 99.7 Å². The van der Waals surface area contributed by atoms with E-state index in [9.17, 15) is 9.59 Å². The van der Waals surface area contributed by atoms with Crippen molar-refractivity contribution in [2.24, 2.45) is 0 Å². The third-order valence-electron chi connectivity index (χ3n) is 5.76. The molecule has 0 radical (unpaired) electrons. The molecule has 9 nitrogen and oxygen atoms in total. The summed E-state index contributed by atoms with van der Waals surface area (Å²) in [5.41, 5.74) is 2.77. The van der Waals surface area contributed by atoms with Crippen LogP contribution in [0.2, 0.25) is 0 Å². The van der Waals surface area contributed by atoms with Gasteiger partial charge in [0.15, 0.2) is 0 Å². The summed E-state index contributed by atoms with van der Waals surface area (Å²) >= 11 is 0. The van der Waals surface area contributed by atoms with Crippen LogP contribution in [0.15, 0.2) is 60.9 Å². The number of rotatable bonds is 4. The number of hydrogen-bond donors (Lipinski definition) is 2. The zero-order chi connectivity index (χ0) is 22.6. The molecule has 0 unspecified atom stereocenters. The fourth-order valence-electron chi connectivity index (χ4n) is 4.07. The predicted octanol–water partition coefficient (Wildman–Crippen LogP) is 3.02. The third kappa shape index (κ3) is 4.57. The predicted molar refractivity (Wildman–Crippen MR) is 125 cm³/mol. The molecule has 1 saturated heterocycles. The Labute approximate surface area is 191 Å². The molecule has 33 heavy (non-hydrogen) atoms. The van der Waals surface area contributed by atoms with Crippen LogP contribution in [0.3, 0.4) is 0 Å². The summed E-state index contributed by atoms with van der Waals surface area (Å²) in [5.74, 6) is 1.25. The maximum atomic E-state index is 12.8. The van der Waals surface area contributed by atoms with E-state index in [0.717, 1.165) is 17.7 Å². The van der Waals surface area contributed by atoms with Gasteiger partial charge in [-0.1, -0.05) is 12.1 Å². The van der Waals surface area contributed by atoms with Gasteiger partial charge >= 0.3 is 6.03 Å². The molecule has 5 rings (SSSR count). The second-order valence-corrected chi connectivity index (χ2v) is 7.87. The number of nitrogens with one attached hydrogen (secondary N) is 2. The Morgan fingerprint density at radius 1 is 0.879 bits per heavy atom. The molecule has 2 aliphatic heterocycles. The average molecular weight is 444 g/mol. The summed E-state index contributed by atoms with van der Waals surface area (Å²) in [5, 5.41) is 5.85. The average Bonchev–Trinajstić information content (AvgIpc) is 3.34. The monoisotopic (exact) mass is 444 g/mol. The fourth-order valence-corrected chi connectivity index (χ4v) is 4.07. The molecule has 2 aliphatic rings. The molecule has 0 bridgehead atoms. The minimum absolute atomic E-state index is 0.176. The van der Waals surface area contributed by atoms with Crippen molar-refractivity contribution in [1.82, 2.24) is 14.9 Å². The highest BCUT2D eigenvalue weighted by Gasteiger charge is 2.23. The lowest BCUT2D eigenvalue weighted by Crippen LogP contribution is -2.50. The molecule has 9 heteroatoms. The Kier molecular flexibility index (Phi) is 5.75. The second kappa shape index (κ2) is 9.15. The molecular formula is C24H24N6O3. The summed E-state index contributed by atoms with van der Waals surface area (Å²) in [7, 11) is 0. The fraction of sp³-hybridized carbons (Fsp3) is 0.250. The summed E-state index contributed by atoms with van der Waals surface area (Å²) < 4.78 is 5.55. The number of anilines is 3. The van der Waals surface area contributed by atoms with Crippen LogP contribution in [-0.4, -0.2) is 59.6 Å². The smallest absolute Gasteiger partial charge is 0.321 e. The van der Waals surface area contributed by atoms with Gasteiger partial charge in [-0.2, -0.15) is 0 Å². The Balaban J connectivity index is 1.19. The number of hydrogen-bond acceptors (Lipinski definition) is 6. The minimum Gasteiger partial charge on any atom is -0.493 e. The van der Waals surface area contributed by atoms with E-state index in [1.54, 1.807) is 53.7 Å². The molecule has 0 aliphatic carbocycles. The summed E-state index contributed by atoms with van der Waals surface area (Å²) in [6.45, 7) is 3.06. The van der Waals surface area contributed by atoms with Crippen LogP contribution < -0.4 is 20.3 Å². The maximum Gasteiger partial charge on any atom is 0.321 e. The van der Waals surface area contributed by atoms with Gasteiger partial charge in [0.1, 0.15) is 5.75 Å². The zero-order valence-electron chi connectivity index (χ0n) is 18.0. The molecule has 3 amide bonds. The van der Waals surface area contributed by atoms with Crippen molar-refractivity contribution in [3.05, 3.63) is 72.1 Å². The van der Waals surface area contributed by atoms with E-state index < -0.39 is 0 Å². The number of aromatic nitrogens is 2. The van der Waals surface area contributed by atoms with Crippen molar-refractivity contribution < 1.29 is 14.3 Å². The molecule has 2 N–H and O–H groups in total. The van der Waals surface area contributed by atoms with Gasteiger partial charge in [-0.25, -0.2) is 14.8 Å². The van der Waals surface area contributed by atoms with Gasteiger partial charge in [0.05, 0.1) is 6.61 Å². The van der Waals surface area contributed by atoms with Crippen LogP contribution >= 0.6 is 0 Å². The number of nitrogens with zero attached hydrogens (tertiary/aromatic N) is 4. The number of amides is 3. The van der Waals surface area contributed by atoms with Crippen LogP contribution in [0.1, 0.15) is 15.9 Å². The Morgan fingerprint density at radius 3 is 2.39 bits per heavy atom. The molecular weight excluding hydrogens is 420 g/mol. The van der Waals surface area contributed by atoms with E-state index in [-0.39, 0.29) is 11.9 Å². The van der Waals surface area contributed by atoms with Crippen LogP contribution in [0, 0.1) is 0 Å². The molecule has 1 aromatic heterocycles. The van der Waals surface area contributed by atoms with Crippen molar-refractivity contribution in [1.29, 1.82) is 0 Å². The molecule has 1 fully saturated rings. The van der Waals surface area contributed by atoms with E-state index in [0.29, 0.717) is 55.7 Å². The first-order chi connectivity index (χ1) is 16.2. The van der Waals surface area contributed by atoms with Crippen molar-refractivity contribution in [2.75, 3.05) is 48.3 Å². The Hall–Kier alpha value is -4.14. The van der Waals surface area contributed by atoms with E-state index in [1.165, 1.54) is 0 Å². The first-order valence-electron chi connectivity index (χ1n) is 10.9. The van der Waals surface area contributed by atoms with Crippen molar-refractivity contribution in [2.45, 2.75) is 6.42 Å². The van der Waals surface area contributed by atoms with Gasteiger partial charge in [-0.15, -0.1) is 0 Å². The maximum absolute atomic E-state index is 12.8. The van der Waals surface area contributed by atoms with Crippen molar-refractivity contribution in [3.63, 3.8) is 0 Å². The molecule has 168 valence electrons. The molecule has 0 saturated carbocycles. The number of urea groups is 1. The lowest BCUT2D eigenvalue weighted by Gasteiger charge is -2.34. The molecule has 3 heterocycles. The summed E-state index contributed by atoms with van der Waals surface area (Å²) in [6.07, 6.45) is 4.15. The molecule has 2 aromatic carbocycles. The van der Waals surface area contributed by atoms with Crippen LogP contribution in [0.5, 0.6) is 5.75 Å². The van der Waals surface area contributed by atoms with Crippen LogP contribution in [0.25, 0.3) is 0 Å². The standard InChI is InChI=1S/C24H24N6O3/c31-22(20-6-2-7-21-19(20)8-15-33-21)27-17-4-1-5-18(16-17)28-24(32)30-13-11-29(12-14-30)23-25-9-3-10-26-23/h1-7,9-10,16H,8,11-15H2,(H,27,31)(H,28,32). The van der Waals surface area contributed by atoms with Crippen molar-refractivity contribution in [3.8, 4) is 5.75 Å². The van der Waals surface area contributed by atoms with E-state index in [4.69, 9.17) is 4.74 Å². The van der Waals surface area contributed by atoms with E-state index in [1.807, 2.05) is 12.1 Å². The van der Waals surface area contributed by atoms with Gasteiger partial charge in [0.25, 0.3) is 5.91 Å². The van der Waals surface area contributed by atoms with Gasteiger partial charge in [0, 0.05) is 67.5 Å². The quantitative estimate of drug-likeness (QED) is 0.642. The van der Waals surface area contributed by atoms with Gasteiger partial charge < -0.3 is 25.2 Å².